The van der Waals surface area contributed by atoms with Gasteiger partial charge in [0.1, 0.15) is 0 Å². The van der Waals surface area contributed by atoms with Crippen molar-refractivity contribution in [2.75, 3.05) is 6.61 Å². The first-order chi connectivity index (χ1) is 9.46. The summed E-state index contributed by atoms with van der Waals surface area (Å²) < 4.78 is 26.5. The summed E-state index contributed by atoms with van der Waals surface area (Å²) in [5.74, 6) is -1.74. The molecule has 1 aliphatic carbocycles. The first-order valence-corrected chi connectivity index (χ1v) is 6.81. The van der Waals surface area contributed by atoms with Crippen LogP contribution in [-0.2, 0) is 11.2 Å². The maximum atomic E-state index is 13.4. The van der Waals surface area contributed by atoms with Crippen LogP contribution in [0.25, 0.3) is 0 Å². The number of aliphatic hydroxyl groups is 1. The minimum Gasteiger partial charge on any atom is -0.394 e. The van der Waals surface area contributed by atoms with Crippen LogP contribution in [0.3, 0.4) is 0 Å². The number of rotatable bonds is 6. The Morgan fingerprint density at radius 2 is 2.15 bits per heavy atom. The molecule has 1 fully saturated rings. The van der Waals surface area contributed by atoms with Crippen molar-refractivity contribution in [2.45, 2.75) is 38.1 Å². The van der Waals surface area contributed by atoms with Crippen LogP contribution in [0.2, 0.25) is 0 Å². The first kappa shape index (κ1) is 14.9. The lowest BCUT2D eigenvalue weighted by Gasteiger charge is -2.28. The van der Waals surface area contributed by atoms with Gasteiger partial charge in [-0.2, -0.15) is 0 Å². The monoisotopic (exact) mass is 283 g/mol. The molecule has 3 nitrogen and oxygen atoms in total. The summed E-state index contributed by atoms with van der Waals surface area (Å²) in [6.07, 6.45) is 2.20. The van der Waals surface area contributed by atoms with Gasteiger partial charge in [0.15, 0.2) is 11.6 Å². The largest absolute Gasteiger partial charge is 0.394 e. The van der Waals surface area contributed by atoms with Crippen molar-refractivity contribution in [1.29, 1.82) is 0 Å². The van der Waals surface area contributed by atoms with Crippen molar-refractivity contribution < 1.29 is 18.7 Å². The average Bonchev–Trinajstić information content (AvgIpc) is 3.25. The third-order valence-electron chi connectivity index (χ3n) is 3.88. The van der Waals surface area contributed by atoms with Crippen molar-refractivity contribution in [3.63, 3.8) is 0 Å². The Balaban J connectivity index is 1.90. The van der Waals surface area contributed by atoms with Gasteiger partial charge in [-0.05, 0) is 43.7 Å². The van der Waals surface area contributed by atoms with Crippen LogP contribution in [0.1, 0.15) is 31.7 Å². The molecule has 110 valence electrons. The number of aryl methyl sites for hydroxylation is 1. The fraction of sp³-hybridized carbons (Fsp3) is 0.533. The van der Waals surface area contributed by atoms with Gasteiger partial charge in [0, 0.05) is 6.42 Å². The summed E-state index contributed by atoms with van der Waals surface area (Å²) in [5.41, 5.74) is -0.408. The molecule has 0 saturated heterocycles. The predicted molar refractivity (Wildman–Crippen MR) is 71.0 cm³/mol. The maximum absolute atomic E-state index is 13.4. The van der Waals surface area contributed by atoms with E-state index >= 15 is 0 Å². The van der Waals surface area contributed by atoms with Crippen LogP contribution in [-0.4, -0.2) is 23.2 Å². The maximum Gasteiger partial charge on any atom is 0.220 e. The highest BCUT2D eigenvalue weighted by Crippen LogP contribution is 2.39. The second-order valence-corrected chi connectivity index (χ2v) is 5.61. The lowest BCUT2D eigenvalue weighted by molar-refractivity contribution is -0.123. The molecular formula is C15H19F2NO2. The van der Waals surface area contributed by atoms with E-state index in [0.29, 0.717) is 5.92 Å². The zero-order valence-electron chi connectivity index (χ0n) is 11.5. The van der Waals surface area contributed by atoms with E-state index < -0.39 is 17.2 Å². The molecular weight excluding hydrogens is 264 g/mol. The number of halogens is 2. The number of carbonyl (C=O) groups is 1. The van der Waals surface area contributed by atoms with Crippen molar-refractivity contribution in [3.8, 4) is 0 Å². The fourth-order valence-corrected chi connectivity index (χ4v) is 2.36. The molecule has 1 amide bonds. The number of hydrogen-bond acceptors (Lipinski definition) is 2. The number of benzene rings is 1. The van der Waals surface area contributed by atoms with E-state index in [4.69, 9.17) is 0 Å². The molecule has 0 radical (unpaired) electrons. The second kappa shape index (κ2) is 5.87. The molecule has 5 heteroatoms. The van der Waals surface area contributed by atoms with Gasteiger partial charge in [-0.25, -0.2) is 8.78 Å². The molecule has 1 saturated carbocycles. The summed E-state index contributed by atoms with van der Waals surface area (Å²) in [7, 11) is 0. The Kier molecular flexibility index (Phi) is 4.38. The third-order valence-corrected chi connectivity index (χ3v) is 3.88. The van der Waals surface area contributed by atoms with E-state index in [1.807, 2.05) is 6.92 Å². The molecule has 1 atom stereocenters. The van der Waals surface area contributed by atoms with E-state index in [1.165, 1.54) is 12.1 Å². The van der Waals surface area contributed by atoms with Gasteiger partial charge in [0.25, 0.3) is 0 Å². The van der Waals surface area contributed by atoms with Gasteiger partial charge >= 0.3 is 0 Å². The Bertz CT molecular complexity index is 503. The summed E-state index contributed by atoms with van der Waals surface area (Å²) >= 11 is 0. The van der Waals surface area contributed by atoms with Crippen molar-refractivity contribution in [2.24, 2.45) is 5.92 Å². The molecule has 0 bridgehead atoms. The molecule has 0 heterocycles. The van der Waals surface area contributed by atoms with Gasteiger partial charge in [-0.3, -0.25) is 4.79 Å². The molecule has 20 heavy (non-hydrogen) atoms. The topological polar surface area (TPSA) is 49.3 Å². The van der Waals surface area contributed by atoms with Gasteiger partial charge in [-0.15, -0.1) is 0 Å². The van der Waals surface area contributed by atoms with Crippen molar-refractivity contribution >= 4 is 5.91 Å². The van der Waals surface area contributed by atoms with Crippen LogP contribution in [0, 0.1) is 17.6 Å². The van der Waals surface area contributed by atoms with Crippen LogP contribution in [0.5, 0.6) is 0 Å². The van der Waals surface area contributed by atoms with E-state index in [-0.39, 0.29) is 30.9 Å². The lowest BCUT2D eigenvalue weighted by atomic mass is 9.96. The second-order valence-electron chi connectivity index (χ2n) is 5.61. The highest BCUT2D eigenvalue weighted by Gasteiger charge is 2.41. The molecule has 2 N–H and O–H groups in total. The molecule has 2 rings (SSSR count). The lowest BCUT2D eigenvalue weighted by Crippen LogP contribution is -2.50. The van der Waals surface area contributed by atoms with Gasteiger partial charge in [0.05, 0.1) is 12.1 Å². The van der Waals surface area contributed by atoms with Crippen LogP contribution >= 0.6 is 0 Å². The Morgan fingerprint density at radius 1 is 1.45 bits per heavy atom. The highest BCUT2D eigenvalue weighted by molar-refractivity contribution is 5.77. The van der Waals surface area contributed by atoms with Crippen molar-refractivity contribution in [1.82, 2.24) is 5.32 Å². The SMILES string of the molecule is CC(CO)(NC(=O)CCc1cccc(F)c1F)C1CC1. The van der Waals surface area contributed by atoms with E-state index in [1.54, 1.807) is 0 Å². The van der Waals surface area contributed by atoms with E-state index in [2.05, 4.69) is 5.32 Å². The Hall–Kier alpha value is -1.49. The van der Waals surface area contributed by atoms with Crippen LogP contribution in [0.4, 0.5) is 8.78 Å². The fourth-order valence-electron chi connectivity index (χ4n) is 2.36. The minimum absolute atomic E-state index is 0.0721. The van der Waals surface area contributed by atoms with E-state index in [0.717, 1.165) is 18.9 Å². The molecule has 0 aliphatic heterocycles. The molecule has 1 unspecified atom stereocenters. The molecule has 1 aliphatic rings. The zero-order chi connectivity index (χ0) is 14.8. The molecule has 0 spiro atoms. The first-order valence-electron chi connectivity index (χ1n) is 6.81. The smallest absolute Gasteiger partial charge is 0.220 e. The van der Waals surface area contributed by atoms with Crippen molar-refractivity contribution in [3.05, 3.63) is 35.4 Å². The number of amides is 1. The summed E-state index contributed by atoms with van der Waals surface area (Å²) in [6.45, 7) is 1.70. The van der Waals surface area contributed by atoms with Gasteiger partial charge in [-0.1, -0.05) is 12.1 Å². The minimum atomic E-state index is -0.902. The van der Waals surface area contributed by atoms with Gasteiger partial charge < -0.3 is 10.4 Å². The standard InChI is InChI=1S/C15H19F2NO2/c1-15(9-19,11-6-7-11)18-13(20)8-5-10-3-2-4-12(16)14(10)17/h2-4,11,19H,5-9H2,1H3,(H,18,20). The summed E-state index contributed by atoms with van der Waals surface area (Å²) in [5, 5.41) is 12.2. The Labute approximate surface area is 117 Å². The zero-order valence-corrected chi connectivity index (χ0v) is 11.5. The quantitative estimate of drug-likeness (QED) is 0.840. The number of hydrogen-bond donors (Lipinski definition) is 2. The third kappa shape index (κ3) is 3.33. The predicted octanol–water partition coefficient (Wildman–Crippen LogP) is 2.17. The van der Waals surface area contributed by atoms with Crippen LogP contribution < -0.4 is 5.32 Å². The average molecular weight is 283 g/mol. The molecule has 1 aromatic rings. The summed E-state index contributed by atoms with van der Waals surface area (Å²) in [4.78, 5) is 11.9. The number of carbonyl (C=O) groups excluding carboxylic acids is 1. The van der Waals surface area contributed by atoms with Crippen LogP contribution in [0.15, 0.2) is 18.2 Å². The number of nitrogens with one attached hydrogen (secondary N) is 1. The molecule has 1 aromatic carbocycles. The Morgan fingerprint density at radius 3 is 2.75 bits per heavy atom. The van der Waals surface area contributed by atoms with Gasteiger partial charge in [0.2, 0.25) is 5.91 Å². The normalized spacial score (nSPS) is 17.6. The number of aliphatic hydroxyl groups excluding tert-OH is 1. The molecule has 0 aromatic heterocycles. The summed E-state index contributed by atoms with van der Waals surface area (Å²) in [6, 6.07) is 3.94. The highest BCUT2D eigenvalue weighted by atomic mass is 19.2. The van der Waals surface area contributed by atoms with E-state index in [9.17, 15) is 18.7 Å².